The van der Waals surface area contributed by atoms with Gasteiger partial charge in [-0.15, -0.1) is 11.6 Å². The number of halogens is 1. The standard InChI is InChI=1S/C12H12ClNO/c1-9(7-13)5-10-3-4-12(15-2)11(6-10)8-14/h3-6H,7H2,1-2H3/b9-5-. The number of nitrogens with zero attached hydrogens (tertiary/aromatic N) is 1. The molecule has 0 aliphatic carbocycles. The van der Waals surface area contributed by atoms with E-state index in [0.717, 1.165) is 11.1 Å². The summed E-state index contributed by atoms with van der Waals surface area (Å²) in [5.41, 5.74) is 2.56. The average Bonchev–Trinajstić information content (AvgIpc) is 2.28. The van der Waals surface area contributed by atoms with Gasteiger partial charge in [0.25, 0.3) is 0 Å². The van der Waals surface area contributed by atoms with E-state index >= 15 is 0 Å². The van der Waals surface area contributed by atoms with Gasteiger partial charge in [0.15, 0.2) is 0 Å². The van der Waals surface area contributed by atoms with Gasteiger partial charge in [-0.1, -0.05) is 17.7 Å². The molecule has 0 atom stereocenters. The van der Waals surface area contributed by atoms with Crippen LogP contribution < -0.4 is 4.74 Å². The quantitative estimate of drug-likeness (QED) is 0.735. The van der Waals surface area contributed by atoms with Gasteiger partial charge in [0.05, 0.1) is 12.7 Å². The van der Waals surface area contributed by atoms with Crippen molar-refractivity contribution in [2.75, 3.05) is 13.0 Å². The van der Waals surface area contributed by atoms with E-state index in [9.17, 15) is 0 Å². The molecule has 0 amide bonds. The van der Waals surface area contributed by atoms with Gasteiger partial charge in [-0.3, -0.25) is 0 Å². The predicted octanol–water partition coefficient (Wildman–Crippen LogP) is 3.21. The number of benzene rings is 1. The van der Waals surface area contributed by atoms with Gasteiger partial charge in [-0.25, -0.2) is 0 Å². The van der Waals surface area contributed by atoms with E-state index in [2.05, 4.69) is 6.07 Å². The zero-order valence-electron chi connectivity index (χ0n) is 8.75. The molecule has 0 N–H and O–H groups in total. The van der Waals surface area contributed by atoms with E-state index in [1.807, 2.05) is 19.1 Å². The molecule has 0 aromatic heterocycles. The molecule has 0 aliphatic rings. The summed E-state index contributed by atoms with van der Waals surface area (Å²) in [6, 6.07) is 7.56. The van der Waals surface area contributed by atoms with Crippen LogP contribution >= 0.6 is 11.6 Å². The third-order valence-corrected chi connectivity index (χ3v) is 2.39. The Bertz CT molecular complexity index is 418. The molecule has 1 rings (SSSR count). The molecule has 3 heteroatoms. The lowest BCUT2D eigenvalue weighted by atomic mass is 10.1. The first kappa shape index (κ1) is 11.6. The minimum atomic E-state index is 0.494. The molecule has 0 fully saturated rings. The fourth-order valence-corrected chi connectivity index (χ4v) is 1.30. The molecule has 78 valence electrons. The lowest BCUT2D eigenvalue weighted by Gasteiger charge is -2.03. The van der Waals surface area contributed by atoms with E-state index in [1.54, 1.807) is 19.2 Å². The fourth-order valence-electron chi connectivity index (χ4n) is 1.23. The smallest absolute Gasteiger partial charge is 0.136 e. The second-order valence-corrected chi connectivity index (χ2v) is 3.46. The number of allylic oxidation sites excluding steroid dienone is 1. The molecule has 1 aromatic rings. The van der Waals surface area contributed by atoms with Crippen molar-refractivity contribution < 1.29 is 4.74 Å². The molecule has 2 nitrogen and oxygen atoms in total. The SMILES string of the molecule is COc1ccc(/C=C(/C)CCl)cc1C#N. The fraction of sp³-hybridized carbons (Fsp3) is 0.250. The number of rotatable bonds is 3. The Morgan fingerprint density at radius 2 is 2.33 bits per heavy atom. The summed E-state index contributed by atoms with van der Waals surface area (Å²) in [5, 5.41) is 8.89. The Balaban J connectivity index is 3.10. The largest absolute Gasteiger partial charge is 0.495 e. The minimum absolute atomic E-state index is 0.494. The summed E-state index contributed by atoms with van der Waals surface area (Å²) < 4.78 is 5.05. The number of hydrogen-bond acceptors (Lipinski definition) is 2. The topological polar surface area (TPSA) is 33.0 Å². The van der Waals surface area contributed by atoms with Crippen molar-refractivity contribution in [2.45, 2.75) is 6.92 Å². The molecular weight excluding hydrogens is 210 g/mol. The molecule has 0 heterocycles. The van der Waals surface area contributed by atoms with Crippen LogP contribution in [0.3, 0.4) is 0 Å². The first-order chi connectivity index (χ1) is 7.21. The molecule has 0 saturated heterocycles. The van der Waals surface area contributed by atoms with E-state index < -0.39 is 0 Å². The van der Waals surface area contributed by atoms with Crippen LogP contribution in [-0.4, -0.2) is 13.0 Å². The molecule has 1 aromatic carbocycles. The van der Waals surface area contributed by atoms with Crippen molar-refractivity contribution >= 4 is 17.7 Å². The normalized spacial score (nSPS) is 10.9. The third kappa shape index (κ3) is 3.00. The number of ether oxygens (including phenoxy) is 1. The minimum Gasteiger partial charge on any atom is -0.495 e. The zero-order valence-corrected chi connectivity index (χ0v) is 9.51. The van der Waals surface area contributed by atoms with Gasteiger partial charge >= 0.3 is 0 Å². The Labute approximate surface area is 94.7 Å². The number of hydrogen-bond donors (Lipinski definition) is 0. The summed E-state index contributed by atoms with van der Waals surface area (Å²) in [7, 11) is 1.55. The summed E-state index contributed by atoms with van der Waals surface area (Å²) in [6.45, 7) is 1.95. The summed E-state index contributed by atoms with van der Waals surface area (Å²) in [4.78, 5) is 0. The maximum absolute atomic E-state index is 8.89. The van der Waals surface area contributed by atoms with Gasteiger partial charge in [-0.05, 0) is 24.6 Å². The van der Waals surface area contributed by atoms with Gasteiger partial charge in [0.2, 0.25) is 0 Å². The molecular formula is C12H12ClNO. The zero-order chi connectivity index (χ0) is 11.3. The predicted molar refractivity (Wildman–Crippen MR) is 62.1 cm³/mol. The molecule has 0 saturated carbocycles. The maximum Gasteiger partial charge on any atom is 0.136 e. The van der Waals surface area contributed by atoms with Gasteiger partial charge < -0.3 is 4.74 Å². The van der Waals surface area contributed by atoms with Crippen molar-refractivity contribution in [3.05, 3.63) is 34.9 Å². The number of methoxy groups -OCH3 is 1. The molecule has 15 heavy (non-hydrogen) atoms. The molecule has 0 spiro atoms. The highest BCUT2D eigenvalue weighted by molar-refractivity contribution is 6.19. The van der Waals surface area contributed by atoms with Crippen LogP contribution in [0, 0.1) is 11.3 Å². The highest BCUT2D eigenvalue weighted by Crippen LogP contribution is 2.20. The highest BCUT2D eigenvalue weighted by atomic mass is 35.5. The van der Waals surface area contributed by atoms with Crippen molar-refractivity contribution in [1.82, 2.24) is 0 Å². The van der Waals surface area contributed by atoms with Crippen LogP contribution in [0.4, 0.5) is 0 Å². The average molecular weight is 222 g/mol. The van der Waals surface area contributed by atoms with E-state index in [1.165, 1.54) is 0 Å². The summed E-state index contributed by atoms with van der Waals surface area (Å²) >= 11 is 5.68. The number of alkyl halides is 1. The lowest BCUT2D eigenvalue weighted by Crippen LogP contribution is -1.88. The van der Waals surface area contributed by atoms with Gasteiger partial charge in [0.1, 0.15) is 11.8 Å². The van der Waals surface area contributed by atoms with Crippen molar-refractivity contribution in [3.63, 3.8) is 0 Å². The van der Waals surface area contributed by atoms with Crippen LogP contribution in [0.15, 0.2) is 23.8 Å². The van der Waals surface area contributed by atoms with Crippen LogP contribution in [0.2, 0.25) is 0 Å². The molecule has 0 bridgehead atoms. The lowest BCUT2D eigenvalue weighted by molar-refractivity contribution is 0.413. The van der Waals surface area contributed by atoms with Crippen LogP contribution in [-0.2, 0) is 0 Å². The Kier molecular flexibility index (Phi) is 4.20. The summed E-state index contributed by atoms with van der Waals surface area (Å²) in [5.74, 6) is 1.09. The molecule has 0 radical (unpaired) electrons. The summed E-state index contributed by atoms with van der Waals surface area (Å²) in [6.07, 6.45) is 1.95. The monoisotopic (exact) mass is 221 g/mol. The van der Waals surface area contributed by atoms with E-state index in [0.29, 0.717) is 17.2 Å². The molecule has 0 aliphatic heterocycles. The number of nitriles is 1. The van der Waals surface area contributed by atoms with Crippen LogP contribution in [0.1, 0.15) is 18.1 Å². The van der Waals surface area contributed by atoms with Gasteiger partial charge in [0, 0.05) is 5.88 Å². The van der Waals surface area contributed by atoms with Crippen LogP contribution in [0.5, 0.6) is 5.75 Å². The van der Waals surface area contributed by atoms with E-state index in [-0.39, 0.29) is 0 Å². The Hall–Kier alpha value is -1.46. The Morgan fingerprint density at radius 3 is 2.87 bits per heavy atom. The Morgan fingerprint density at radius 1 is 1.60 bits per heavy atom. The molecule has 0 unspecified atom stereocenters. The van der Waals surface area contributed by atoms with Crippen LogP contribution in [0.25, 0.3) is 6.08 Å². The first-order valence-corrected chi connectivity index (χ1v) is 5.06. The van der Waals surface area contributed by atoms with Gasteiger partial charge in [-0.2, -0.15) is 5.26 Å². The van der Waals surface area contributed by atoms with Crippen molar-refractivity contribution in [1.29, 1.82) is 5.26 Å². The van der Waals surface area contributed by atoms with Crippen molar-refractivity contribution in [2.24, 2.45) is 0 Å². The maximum atomic E-state index is 8.89. The van der Waals surface area contributed by atoms with E-state index in [4.69, 9.17) is 21.6 Å². The first-order valence-electron chi connectivity index (χ1n) is 4.52. The highest BCUT2D eigenvalue weighted by Gasteiger charge is 2.02. The van der Waals surface area contributed by atoms with Crippen molar-refractivity contribution in [3.8, 4) is 11.8 Å². The third-order valence-electron chi connectivity index (χ3n) is 1.97. The second kappa shape index (κ2) is 5.43. The second-order valence-electron chi connectivity index (χ2n) is 3.20.